The normalized spacial score (nSPS) is 12.2. The highest BCUT2D eigenvalue weighted by Crippen LogP contribution is 2.14. The highest BCUT2D eigenvalue weighted by molar-refractivity contribution is 7.94. The summed E-state index contributed by atoms with van der Waals surface area (Å²) in [7, 11) is -3.41. The minimum Gasteiger partial charge on any atom is -0.384 e. The molecule has 0 saturated carbocycles. The molecule has 0 fully saturated rings. The number of nitrogens with one attached hydrogen (secondary N) is 1. The number of sulfone groups is 1. The lowest BCUT2D eigenvalue weighted by molar-refractivity contribution is 0.604. The van der Waals surface area contributed by atoms with Gasteiger partial charge in [-0.15, -0.1) is 0 Å². The molecule has 0 aliphatic rings. The summed E-state index contributed by atoms with van der Waals surface area (Å²) in [6.45, 7) is 4.29. The van der Waals surface area contributed by atoms with E-state index in [4.69, 9.17) is 0 Å². The van der Waals surface area contributed by atoms with Crippen molar-refractivity contribution in [2.75, 3.05) is 0 Å². The van der Waals surface area contributed by atoms with Gasteiger partial charge in [-0.25, -0.2) is 8.42 Å². The van der Waals surface area contributed by atoms with Gasteiger partial charge < -0.3 is 5.32 Å². The third kappa shape index (κ3) is 4.46. The first-order valence-corrected chi connectivity index (χ1v) is 8.30. The van der Waals surface area contributed by atoms with Crippen molar-refractivity contribution in [1.82, 2.24) is 5.32 Å². The molecule has 21 heavy (non-hydrogen) atoms. The molecular formula is C17H19NO2S. The second-order valence-electron chi connectivity index (χ2n) is 5.00. The maximum Gasteiger partial charge on any atom is 0.201 e. The molecule has 0 radical (unpaired) electrons. The van der Waals surface area contributed by atoms with Gasteiger partial charge in [-0.2, -0.15) is 0 Å². The SMILES string of the molecule is C/C(=C/S(=O)(=O)c1ccc(C)cc1)NCc1ccccc1. The Labute approximate surface area is 126 Å². The van der Waals surface area contributed by atoms with Gasteiger partial charge in [0.15, 0.2) is 0 Å². The number of rotatable bonds is 5. The number of hydrogen-bond acceptors (Lipinski definition) is 3. The molecule has 110 valence electrons. The van der Waals surface area contributed by atoms with Gasteiger partial charge >= 0.3 is 0 Å². The van der Waals surface area contributed by atoms with E-state index in [2.05, 4.69) is 5.32 Å². The fourth-order valence-corrected chi connectivity index (χ4v) is 3.11. The molecule has 0 aliphatic carbocycles. The lowest BCUT2D eigenvalue weighted by Crippen LogP contribution is -2.12. The molecule has 3 nitrogen and oxygen atoms in total. The smallest absolute Gasteiger partial charge is 0.201 e. The average molecular weight is 301 g/mol. The van der Waals surface area contributed by atoms with Crippen LogP contribution in [0, 0.1) is 6.92 Å². The van der Waals surface area contributed by atoms with Gasteiger partial charge in [-0.05, 0) is 31.5 Å². The van der Waals surface area contributed by atoms with Crippen LogP contribution in [0.25, 0.3) is 0 Å². The predicted molar refractivity (Wildman–Crippen MR) is 85.4 cm³/mol. The quantitative estimate of drug-likeness (QED) is 0.920. The molecule has 2 aromatic rings. The molecule has 0 unspecified atom stereocenters. The second-order valence-corrected chi connectivity index (χ2v) is 6.80. The molecular weight excluding hydrogens is 282 g/mol. The Bertz CT molecular complexity index is 717. The van der Waals surface area contributed by atoms with Gasteiger partial charge in [-0.3, -0.25) is 0 Å². The van der Waals surface area contributed by atoms with E-state index < -0.39 is 9.84 Å². The monoisotopic (exact) mass is 301 g/mol. The van der Waals surface area contributed by atoms with Gasteiger partial charge in [-0.1, -0.05) is 48.0 Å². The number of benzene rings is 2. The fraction of sp³-hybridized carbons (Fsp3) is 0.176. The highest BCUT2D eigenvalue weighted by Gasteiger charge is 2.11. The first kappa shape index (κ1) is 15.3. The zero-order chi connectivity index (χ0) is 15.3. The predicted octanol–water partition coefficient (Wildman–Crippen LogP) is 3.42. The minimum atomic E-state index is -3.41. The second kappa shape index (κ2) is 6.59. The standard InChI is InChI=1S/C17H19NO2S/c1-14-8-10-17(11-9-14)21(19,20)13-15(2)18-12-16-6-4-3-5-7-16/h3-11,13,18H,12H2,1-2H3/b15-13-. The molecule has 0 atom stereocenters. The van der Waals surface area contributed by atoms with Crippen LogP contribution < -0.4 is 5.32 Å². The fourth-order valence-electron chi connectivity index (χ4n) is 1.91. The Kier molecular flexibility index (Phi) is 4.81. The van der Waals surface area contributed by atoms with Crippen molar-refractivity contribution in [2.24, 2.45) is 0 Å². The maximum atomic E-state index is 12.2. The molecule has 0 aliphatic heterocycles. The van der Waals surface area contributed by atoms with Crippen LogP contribution in [0.15, 0.2) is 70.6 Å². The summed E-state index contributed by atoms with van der Waals surface area (Å²) in [5, 5.41) is 4.40. The van der Waals surface area contributed by atoms with Crippen LogP contribution in [0.5, 0.6) is 0 Å². The minimum absolute atomic E-state index is 0.314. The van der Waals surface area contributed by atoms with Crippen LogP contribution >= 0.6 is 0 Å². The van der Waals surface area contributed by atoms with Crippen LogP contribution in [-0.4, -0.2) is 8.42 Å². The van der Waals surface area contributed by atoms with Crippen LogP contribution in [0.3, 0.4) is 0 Å². The number of hydrogen-bond donors (Lipinski definition) is 1. The Balaban J connectivity index is 2.08. The first-order valence-electron chi connectivity index (χ1n) is 6.75. The zero-order valence-corrected chi connectivity index (χ0v) is 13.0. The molecule has 4 heteroatoms. The van der Waals surface area contributed by atoms with Crippen LogP contribution in [0.2, 0.25) is 0 Å². The summed E-state index contributed by atoms with van der Waals surface area (Å²) in [4.78, 5) is 0.314. The first-order chi connectivity index (χ1) is 9.97. The van der Waals surface area contributed by atoms with E-state index in [-0.39, 0.29) is 0 Å². The van der Waals surface area contributed by atoms with E-state index in [1.807, 2.05) is 37.3 Å². The Morgan fingerprint density at radius 2 is 1.67 bits per heavy atom. The third-order valence-electron chi connectivity index (χ3n) is 3.10. The molecule has 0 saturated heterocycles. The van der Waals surface area contributed by atoms with Gasteiger partial charge in [0.1, 0.15) is 0 Å². The van der Waals surface area contributed by atoms with Crippen molar-refractivity contribution in [3.8, 4) is 0 Å². The molecule has 0 heterocycles. The Morgan fingerprint density at radius 1 is 1.05 bits per heavy atom. The van der Waals surface area contributed by atoms with Crippen molar-refractivity contribution in [1.29, 1.82) is 0 Å². The lowest BCUT2D eigenvalue weighted by atomic mass is 10.2. The summed E-state index contributed by atoms with van der Waals surface area (Å²) in [5.74, 6) is 0. The number of allylic oxidation sites excluding steroid dienone is 1. The lowest BCUT2D eigenvalue weighted by Gasteiger charge is -2.07. The number of aryl methyl sites for hydroxylation is 1. The van der Waals surface area contributed by atoms with Gasteiger partial charge in [0.25, 0.3) is 0 Å². The molecule has 1 N–H and O–H groups in total. The topological polar surface area (TPSA) is 46.2 Å². The highest BCUT2D eigenvalue weighted by atomic mass is 32.2. The molecule has 0 spiro atoms. The largest absolute Gasteiger partial charge is 0.384 e. The van der Waals surface area contributed by atoms with Crippen molar-refractivity contribution >= 4 is 9.84 Å². The molecule has 0 amide bonds. The van der Waals surface area contributed by atoms with E-state index in [1.54, 1.807) is 31.2 Å². The van der Waals surface area contributed by atoms with Crippen molar-refractivity contribution in [3.63, 3.8) is 0 Å². The van der Waals surface area contributed by atoms with Crippen LogP contribution in [0.4, 0.5) is 0 Å². The molecule has 2 rings (SSSR count). The van der Waals surface area contributed by atoms with E-state index in [0.29, 0.717) is 17.1 Å². The third-order valence-corrected chi connectivity index (χ3v) is 4.69. The van der Waals surface area contributed by atoms with Gasteiger partial charge in [0, 0.05) is 12.2 Å². The maximum absolute atomic E-state index is 12.2. The van der Waals surface area contributed by atoms with Gasteiger partial charge in [0.05, 0.1) is 10.3 Å². The summed E-state index contributed by atoms with van der Waals surface area (Å²) < 4.78 is 24.5. The van der Waals surface area contributed by atoms with E-state index in [0.717, 1.165) is 11.1 Å². The summed E-state index contributed by atoms with van der Waals surface area (Å²) >= 11 is 0. The summed E-state index contributed by atoms with van der Waals surface area (Å²) in [6, 6.07) is 16.7. The molecule has 0 bridgehead atoms. The van der Waals surface area contributed by atoms with E-state index in [1.165, 1.54) is 5.41 Å². The summed E-state index contributed by atoms with van der Waals surface area (Å²) in [5.41, 5.74) is 2.77. The Morgan fingerprint density at radius 3 is 2.29 bits per heavy atom. The van der Waals surface area contributed by atoms with Crippen molar-refractivity contribution in [3.05, 3.63) is 76.8 Å². The molecule has 0 aromatic heterocycles. The van der Waals surface area contributed by atoms with Crippen molar-refractivity contribution < 1.29 is 8.42 Å². The molecule has 2 aromatic carbocycles. The summed E-state index contributed by atoms with van der Waals surface area (Å²) in [6.07, 6.45) is 0. The zero-order valence-electron chi connectivity index (χ0n) is 12.2. The van der Waals surface area contributed by atoms with Crippen molar-refractivity contribution in [2.45, 2.75) is 25.3 Å². The van der Waals surface area contributed by atoms with E-state index >= 15 is 0 Å². The van der Waals surface area contributed by atoms with Crippen LogP contribution in [-0.2, 0) is 16.4 Å². The van der Waals surface area contributed by atoms with Crippen LogP contribution in [0.1, 0.15) is 18.1 Å². The van der Waals surface area contributed by atoms with Gasteiger partial charge in [0.2, 0.25) is 9.84 Å². The Hall–Kier alpha value is -2.07. The average Bonchev–Trinajstić information content (AvgIpc) is 2.46. The van der Waals surface area contributed by atoms with E-state index in [9.17, 15) is 8.42 Å².